The first-order chi connectivity index (χ1) is 9.54. The number of alkyl halides is 1. The van der Waals surface area contributed by atoms with Gasteiger partial charge in [-0.1, -0.05) is 6.07 Å². The molecule has 1 atom stereocenters. The predicted octanol–water partition coefficient (Wildman–Crippen LogP) is 1.71. The molecule has 1 unspecified atom stereocenters. The van der Waals surface area contributed by atoms with Gasteiger partial charge in [0, 0.05) is 45.0 Å². The summed E-state index contributed by atoms with van der Waals surface area (Å²) in [4.78, 5) is 4.01. The summed E-state index contributed by atoms with van der Waals surface area (Å²) in [6, 6.07) is 3.68. The first-order valence-electron chi connectivity index (χ1n) is 6.70. The van der Waals surface area contributed by atoms with Crippen molar-refractivity contribution >= 4 is 21.8 Å². The average molecular weight is 318 g/mol. The molecule has 0 amide bonds. The van der Waals surface area contributed by atoms with Crippen LogP contribution in [0.4, 0.5) is 0 Å². The van der Waals surface area contributed by atoms with E-state index in [0.717, 1.165) is 18.4 Å². The maximum Gasteiger partial charge on any atom is 0.282 e. The molecule has 1 fully saturated rings. The van der Waals surface area contributed by atoms with E-state index in [2.05, 4.69) is 4.98 Å². The fraction of sp³-hybridized carbons (Fsp3) is 0.615. The van der Waals surface area contributed by atoms with E-state index in [1.54, 1.807) is 29.8 Å². The minimum Gasteiger partial charge on any atom is -0.264 e. The van der Waals surface area contributed by atoms with Crippen LogP contribution in [0, 0.1) is 5.92 Å². The van der Waals surface area contributed by atoms with E-state index >= 15 is 0 Å². The Morgan fingerprint density at radius 3 is 3.00 bits per heavy atom. The van der Waals surface area contributed by atoms with Crippen LogP contribution in [0.3, 0.4) is 0 Å². The van der Waals surface area contributed by atoms with Crippen LogP contribution in [0.15, 0.2) is 24.5 Å². The molecule has 0 aromatic carbocycles. The summed E-state index contributed by atoms with van der Waals surface area (Å²) >= 11 is 5.86. The van der Waals surface area contributed by atoms with Gasteiger partial charge in [0.2, 0.25) is 0 Å². The van der Waals surface area contributed by atoms with Crippen LogP contribution in [0.2, 0.25) is 0 Å². The number of pyridine rings is 1. The van der Waals surface area contributed by atoms with Gasteiger partial charge in [0.05, 0.1) is 0 Å². The molecule has 0 radical (unpaired) electrons. The van der Waals surface area contributed by atoms with E-state index in [1.807, 2.05) is 6.07 Å². The van der Waals surface area contributed by atoms with E-state index in [-0.39, 0.29) is 5.92 Å². The van der Waals surface area contributed by atoms with E-state index in [1.165, 1.54) is 4.31 Å². The Kier molecular flexibility index (Phi) is 5.37. The molecule has 0 spiro atoms. The van der Waals surface area contributed by atoms with Crippen LogP contribution in [-0.2, 0) is 16.8 Å². The highest BCUT2D eigenvalue weighted by Crippen LogP contribution is 2.22. The molecule has 1 aliphatic heterocycles. The minimum absolute atomic E-state index is 0.256. The van der Waals surface area contributed by atoms with Crippen LogP contribution in [0.25, 0.3) is 0 Å². The number of rotatable bonds is 5. The molecule has 0 aliphatic carbocycles. The first-order valence-corrected chi connectivity index (χ1v) is 8.63. The van der Waals surface area contributed by atoms with Crippen LogP contribution >= 0.6 is 11.6 Å². The normalized spacial score (nSPS) is 21.2. The maximum atomic E-state index is 12.5. The van der Waals surface area contributed by atoms with Gasteiger partial charge in [-0.05, 0) is 30.4 Å². The van der Waals surface area contributed by atoms with Crippen molar-refractivity contribution in [3.63, 3.8) is 0 Å². The zero-order valence-corrected chi connectivity index (χ0v) is 13.1. The van der Waals surface area contributed by atoms with Crippen LogP contribution in [0.1, 0.15) is 18.4 Å². The van der Waals surface area contributed by atoms with Gasteiger partial charge < -0.3 is 0 Å². The quantitative estimate of drug-likeness (QED) is 0.777. The lowest BCUT2D eigenvalue weighted by molar-refractivity contribution is 0.265. The van der Waals surface area contributed by atoms with E-state index in [0.29, 0.717) is 25.5 Å². The smallest absolute Gasteiger partial charge is 0.264 e. The second kappa shape index (κ2) is 6.85. The minimum atomic E-state index is -3.42. The topological polar surface area (TPSA) is 53.5 Å². The van der Waals surface area contributed by atoms with Gasteiger partial charge in [-0.2, -0.15) is 17.0 Å². The summed E-state index contributed by atoms with van der Waals surface area (Å²) in [5.74, 6) is 0.769. The summed E-state index contributed by atoms with van der Waals surface area (Å²) in [6.07, 6.45) is 5.23. The number of hydrogen-bond acceptors (Lipinski definition) is 3. The van der Waals surface area contributed by atoms with Crippen molar-refractivity contribution in [1.29, 1.82) is 0 Å². The molecular formula is C13H20ClN3O2S. The molecule has 2 heterocycles. The molecule has 5 nitrogen and oxygen atoms in total. The Morgan fingerprint density at radius 2 is 2.35 bits per heavy atom. The highest BCUT2D eigenvalue weighted by molar-refractivity contribution is 7.86. The van der Waals surface area contributed by atoms with Gasteiger partial charge in [0.1, 0.15) is 0 Å². The second-order valence-corrected chi connectivity index (χ2v) is 7.49. The molecule has 1 saturated heterocycles. The fourth-order valence-corrected chi connectivity index (χ4v) is 4.11. The van der Waals surface area contributed by atoms with Crippen LogP contribution in [0.5, 0.6) is 0 Å². The molecule has 0 bridgehead atoms. The van der Waals surface area contributed by atoms with Gasteiger partial charge in [0.15, 0.2) is 0 Å². The molecule has 2 rings (SSSR count). The Hall–Kier alpha value is -0.690. The van der Waals surface area contributed by atoms with Crippen molar-refractivity contribution in [2.45, 2.75) is 19.4 Å². The van der Waals surface area contributed by atoms with Gasteiger partial charge in [-0.3, -0.25) is 4.98 Å². The van der Waals surface area contributed by atoms with Crippen molar-refractivity contribution in [3.05, 3.63) is 30.1 Å². The zero-order valence-electron chi connectivity index (χ0n) is 11.6. The Labute approximate surface area is 125 Å². The Morgan fingerprint density at radius 1 is 1.55 bits per heavy atom. The average Bonchev–Trinajstić information content (AvgIpc) is 2.48. The molecule has 20 heavy (non-hydrogen) atoms. The fourth-order valence-electron chi connectivity index (χ4n) is 2.39. The van der Waals surface area contributed by atoms with E-state index in [9.17, 15) is 8.42 Å². The van der Waals surface area contributed by atoms with Gasteiger partial charge in [0.25, 0.3) is 10.2 Å². The summed E-state index contributed by atoms with van der Waals surface area (Å²) in [5, 5.41) is 0. The summed E-state index contributed by atoms with van der Waals surface area (Å²) < 4.78 is 28.0. The van der Waals surface area contributed by atoms with Crippen molar-refractivity contribution < 1.29 is 8.42 Å². The van der Waals surface area contributed by atoms with Gasteiger partial charge >= 0.3 is 0 Å². The first kappa shape index (κ1) is 15.7. The van der Waals surface area contributed by atoms with E-state index in [4.69, 9.17) is 11.6 Å². The van der Waals surface area contributed by atoms with Crippen molar-refractivity contribution in [2.24, 2.45) is 5.92 Å². The lowest BCUT2D eigenvalue weighted by atomic mass is 10.0. The van der Waals surface area contributed by atoms with E-state index < -0.39 is 10.2 Å². The predicted molar refractivity (Wildman–Crippen MR) is 79.6 cm³/mol. The number of nitrogens with zero attached hydrogens (tertiary/aromatic N) is 3. The molecule has 1 aliphatic rings. The number of halogens is 1. The summed E-state index contributed by atoms with van der Waals surface area (Å²) in [7, 11) is -1.82. The molecule has 7 heteroatoms. The highest BCUT2D eigenvalue weighted by atomic mass is 35.5. The van der Waals surface area contributed by atoms with Gasteiger partial charge in [-0.15, -0.1) is 11.6 Å². The molecule has 1 aromatic heterocycles. The summed E-state index contributed by atoms with van der Waals surface area (Å²) in [6.45, 7) is 1.43. The van der Waals surface area contributed by atoms with Gasteiger partial charge in [-0.25, -0.2) is 0 Å². The maximum absolute atomic E-state index is 12.5. The monoisotopic (exact) mass is 317 g/mol. The lowest BCUT2D eigenvalue weighted by Crippen LogP contribution is -2.46. The molecule has 0 N–H and O–H groups in total. The standard InChI is InChI=1S/C13H20ClN3O2S/c1-16(10-13-4-2-6-15-9-13)20(18,19)17-7-3-5-12(8-14)11-17/h2,4,6,9,12H,3,5,7-8,10-11H2,1H3. The highest BCUT2D eigenvalue weighted by Gasteiger charge is 2.31. The third-order valence-electron chi connectivity index (χ3n) is 3.55. The summed E-state index contributed by atoms with van der Waals surface area (Å²) in [5.41, 5.74) is 0.879. The van der Waals surface area contributed by atoms with Crippen molar-refractivity contribution in [3.8, 4) is 0 Å². The SMILES string of the molecule is CN(Cc1cccnc1)S(=O)(=O)N1CCCC(CCl)C1. The third-order valence-corrected chi connectivity index (χ3v) is 5.89. The molecular weight excluding hydrogens is 298 g/mol. The number of piperidine rings is 1. The zero-order chi connectivity index (χ0) is 14.6. The Bertz CT molecular complexity index is 524. The molecule has 0 saturated carbocycles. The van der Waals surface area contributed by atoms with Crippen molar-refractivity contribution in [2.75, 3.05) is 26.0 Å². The van der Waals surface area contributed by atoms with Crippen LogP contribution < -0.4 is 0 Å². The molecule has 1 aromatic rings. The number of aromatic nitrogens is 1. The lowest BCUT2D eigenvalue weighted by Gasteiger charge is -2.33. The Balaban J connectivity index is 2.05. The molecule has 112 valence electrons. The van der Waals surface area contributed by atoms with Crippen LogP contribution in [-0.4, -0.2) is 48.0 Å². The third kappa shape index (κ3) is 3.69. The largest absolute Gasteiger partial charge is 0.282 e. The second-order valence-electron chi connectivity index (χ2n) is 5.15. The number of hydrogen-bond donors (Lipinski definition) is 0. The van der Waals surface area contributed by atoms with Crippen molar-refractivity contribution in [1.82, 2.24) is 13.6 Å².